The summed E-state index contributed by atoms with van der Waals surface area (Å²) in [6.07, 6.45) is 4.33. The molecule has 0 aliphatic carbocycles. The van der Waals surface area contributed by atoms with Crippen LogP contribution in [0.1, 0.15) is 42.4 Å². The molecule has 1 atom stereocenters. The van der Waals surface area contributed by atoms with E-state index in [-0.39, 0.29) is 24.0 Å². The van der Waals surface area contributed by atoms with Gasteiger partial charge in [0, 0.05) is 56.6 Å². The highest BCUT2D eigenvalue weighted by Gasteiger charge is 2.34. The molecule has 42 heavy (non-hydrogen) atoms. The zero-order valence-electron chi connectivity index (χ0n) is 24.7. The molecule has 1 aromatic carbocycles. The molecule has 0 spiro atoms. The van der Waals surface area contributed by atoms with Crippen molar-refractivity contribution in [2.75, 3.05) is 57.9 Å². The van der Waals surface area contributed by atoms with E-state index in [0.29, 0.717) is 68.7 Å². The monoisotopic (exact) mass is 615 g/mol. The minimum absolute atomic E-state index is 0.0667. The molecule has 10 nitrogen and oxygen atoms in total. The minimum Gasteiger partial charge on any atom is -0.397 e. The molecule has 4 N–H and O–H groups in total. The topological polar surface area (TPSA) is 114 Å². The molecule has 4 heterocycles. The molecule has 5 rings (SSSR count). The number of nitrogens with zero attached hydrogens (tertiary/aromatic N) is 4. The zero-order valence-corrected chi connectivity index (χ0v) is 26.3. The van der Waals surface area contributed by atoms with E-state index in [2.05, 4.69) is 35.0 Å². The first-order chi connectivity index (χ1) is 20.1. The van der Waals surface area contributed by atoms with Crippen molar-refractivity contribution in [2.24, 2.45) is 0 Å². The smallest absolute Gasteiger partial charge is 0.322 e. The molecule has 0 bridgehead atoms. The molecule has 3 aliphatic rings. The summed E-state index contributed by atoms with van der Waals surface area (Å²) in [5, 5.41) is 10.6. The predicted octanol–water partition coefficient (Wildman–Crippen LogP) is 4.02. The highest BCUT2D eigenvalue weighted by atomic mass is 35.5. The highest BCUT2D eigenvalue weighted by Crippen LogP contribution is 2.28. The standard InChI is InChI=1S/C30H42ClN7O3S/c1-19-14-20(15-24(31)27(19)32)16-25(28(39)36-9-5-22(6-10-36)35(2)3)33-29(40)37-11-7-23(8-12-37)38-13-4-21-17-42-18-26(21)34-30(38)41/h14-15,17-18,22-23,25H,4-13,16,32H2,1-3H3,(H,33,40)(H,34,41)/t25-/m1/s1. The van der Waals surface area contributed by atoms with Crippen LogP contribution < -0.4 is 16.4 Å². The second-order valence-electron chi connectivity index (χ2n) is 11.9. The summed E-state index contributed by atoms with van der Waals surface area (Å²) in [7, 11) is 4.14. The Morgan fingerprint density at radius 3 is 2.45 bits per heavy atom. The molecule has 0 saturated carbocycles. The summed E-state index contributed by atoms with van der Waals surface area (Å²) in [5.74, 6) is -0.0744. The van der Waals surface area contributed by atoms with Crippen molar-refractivity contribution < 1.29 is 14.4 Å². The lowest BCUT2D eigenvalue weighted by Crippen LogP contribution is -2.57. The van der Waals surface area contributed by atoms with Gasteiger partial charge in [-0.25, -0.2) is 9.59 Å². The number of likely N-dealkylation sites (tertiary alicyclic amines) is 2. The van der Waals surface area contributed by atoms with Crippen LogP contribution in [0, 0.1) is 6.92 Å². The maximum Gasteiger partial charge on any atom is 0.322 e. The number of halogens is 1. The van der Waals surface area contributed by atoms with Crippen LogP contribution in [0.5, 0.6) is 0 Å². The number of fused-ring (bicyclic) bond motifs is 1. The number of urea groups is 2. The van der Waals surface area contributed by atoms with Gasteiger partial charge in [0.15, 0.2) is 0 Å². The van der Waals surface area contributed by atoms with Gasteiger partial charge in [-0.2, -0.15) is 0 Å². The van der Waals surface area contributed by atoms with Crippen LogP contribution in [0.25, 0.3) is 0 Å². The normalized spacial score (nSPS) is 19.4. The Morgan fingerprint density at radius 1 is 1.10 bits per heavy atom. The summed E-state index contributed by atoms with van der Waals surface area (Å²) in [4.78, 5) is 48.0. The summed E-state index contributed by atoms with van der Waals surface area (Å²) in [5.41, 5.74) is 10.4. The van der Waals surface area contributed by atoms with Crippen molar-refractivity contribution in [3.8, 4) is 0 Å². The van der Waals surface area contributed by atoms with Gasteiger partial charge in [-0.1, -0.05) is 17.7 Å². The Bertz CT molecular complexity index is 1280. The lowest BCUT2D eigenvalue weighted by molar-refractivity contribution is -0.134. The van der Waals surface area contributed by atoms with E-state index in [9.17, 15) is 14.4 Å². The maximum atomic E-state index is 13.8. The van der Waals surface area contributed by atoms with Crippen LogP contribution in [0.3, 0.4) is 0 Å². The third-order valence-electron chi connectivity index (χ3n) is 9.00. The number of nitrogens with two attached hydrogens (primary N) is 1. The van der Waals surface area contributed by atoms with E-state index in [0.717, 1.165) is 36.1 Å². The number of thiophene rings is 1. The van der Waals surface area contributed by atoms with Crippen molar-refractivity contribution in [2.45, 2.75) is 63.6 Å². The van der Waals surface area contributed by atoms with Gasteiger partial charge in [-0.3, -0.25) is 4.79 Å². The maximum absolute atomic E-state index is 13.8. The van der Waals surface area contributed by atoms with Gasteiger partial charge in [0.1, 0.15) is 6.04 Å². The SMILES string of the molecule is Cc1cc(C[C@@H](NC(=O)N2CCC(N3CCc4cscc4NC3=O)CC2)C(=O)N2CCC(N(C)C)CC2)cc(Cl)c1N. The van der Waals surface area contributed by atoms with Gasteiger partial charge in [0.2, 0.25) is 5.91 Å². The number of nitrogen functional groups attached to an aromatic ring is 1. The number of benzene rings is 1. The van der Waals surface area contributed by atoms with Gasteiger partial charge in [-0.15, -0.1) is 11.3 Å². The van der Waals surface area contributed by atoms with Crippen LogP contribution in [0.2, 0.25) is 5.02 Å². The van der Waals surface area contributed by atoms with Crippen LogP contribution in [-0.2, 0) is 17.6 Å². The van der Waals surface area contributed by atoms with Gasteiger partial charge < -0.3 is 36.0 Å². The first-order valence-electron chi connectivity index (χ1n) is 14.8. The molecule has 5 amide bonds. The largest absolute Gasteiger partial charge is 0.397 e. The number of carbonyl (C=O) groups is 3. The first-order valence-corrected chi connectivity index (χ1v) is 16.1. The Kier molecular flexibility index (Phi) is 9.49. The third-order valence-corrected chi connectivity index (χ3v) is 10.1. The first kappa shape index (κ1) is 30.4. The van der Waals surface area contributed by atoms with E-state index >= 15 is 0 Å². The van der Waals surface area contributed by atoms with Crippen molar-refractivity contribution in [1.82, 2.24) is 24.9 Å². The average molecular weight is 616 g/mol. The van der Waals surface area contributed by atoms with E-state index in [4.69, 9.17) is 17.3 Å². The number of amides is 5. The molecule has 0 unspecified atom stereocenters. The lowest BCUT2D eigenvalue weighted by atomic mass is 9.99. The van der Waals surface area contributed by atoms with Gasteiger partial charge in [0.25, 0.3) is 0 Å². The summed E-state index contributed by atoms with van der Waals surface area (Å²) in [6, 6.07) is 3.18. The second kappa shape index (κ2) is 13.1. The number of aryl methyl sites for hydroxylation is 1. The van der Waals surface area contributed by atoms with Crippen molar-refractivity contribution in [3.63, 3.8) is 0 Å². The molecule has 0 radical (unpaired) electrons. The third kappa shape index (κ3) is 6.79. The molecule has 3 aliphatic heterocycles. The fourth-order valence-corrected chi connectivity index (χ4v) is 7.44. The predicted molar refractivity (Wildman–Crippen MR) is 168 cm³/mol. The average Bonchev–Trinajstić information content (AvgIpc) is 3.35. The molecular weight excluding hydrogens is 574 g/mol. The van der Waals surface area contributed by atoms with Crippen molar-refractivity contribution >= 4 is 52.3 Å². The second-order valence-corrected chi connectivity index (χ2v) is 13.1. The lowest BCUT2D eigenvalue weighted by Gasteiger charge is -2.39. The fourth-order valence-electron chi connectivity index (χ4n) is 6.33. The number of piperidine rings is 2. The Balaban J connectivity index is 1.23. The van der Waals surface area contributed by atoms with Gasteiger partial charge in [-0.05, 0) is 81.3 Å². The van der Waals surface area contributed by atoms with E-state index in [1.54, 1.807) is 22.3 Å². The van der Waals surface area contributed by atoms with Crippen molar-refractivity contribution in [1.29, 1.82) is 0 Å². The number of hydrogen-bond donors (Lipinski definition) is 3. The number of hydrogen-bond acceptors (Lipinski definition) is 6. The molecular formula is C30H42ClN7O3S. The Labute approximate surface area is 257 Å². The summed E-state index contributed by atoms with van der Waals surface area (Å²) < 4.78 is 0. The Morgan fingerprint density at radius 2 is 1.79 bits per heavy atom. The molecule has 2 fully saturated rings. The molecule has 2 saturated heterocycles. The van der Waals surface area contributed by atoms with E-state index < -0.39 is 6.04 Å². The quantitative estimate of drug-likeness (QED) is 0.425. The van der Waals surface area contributed by atoms with Gasteiger partial charge >= 0.3 is 12.1 Å². The number of anilines is 2. The van der Waals surface area contributed by atoms with Crippen molar-refractivity contribution in [3.05, 3.63) is 44.6 Å². The molecule has 12 heteroatoms. The number of nitrogens with one attached hydrogen (secondary N) is 2. The van der Waals surface area contributed by atoms with E-state index in [1.165, 1.54) is 5.56 Å². The van der Waals surface area contributed by atoms with Crippen LogP contribution in [0.15, 0.2) is 22.9 Å². The summed E-state index contributed by atoms with van der Waals surface area (Å²) >= 11 is 7.97. The number of rotatable bonds is 6. The molecule has 1 aromatic heterocycles. The van der Waals surface area contributed by atoms with Gasteiger partial charge in [0.05, 0.1) is 16.4 Å². The number of carbonyl (C=O) groups excluding carboxylic acids is 3. The summed E-state index contributed by atoms with van der Waals surface area (Å²) in [6.45, 7) is 4.90. The highest BCUT2D eigenvalue weighted by molar-refractivity contribution is 7.08. The minimum atomic E-state index is -0.722. The van der Waals surface area contributed by atoms with Crippen LogP contribution in [-0.4, -0.2) is 103 Å². The van der Waals surface area contributed by atoms with E-state index in [1.807, 2.05) is 28.2 Å². The molecule has 2 aromatic rings. The van der Waals surface area contributed by atoms with Crippen LogP contribution in [0.4, 0.5) is 21.0 Å². The Hall–Kier alpha value is -3.02. The fraction of sp³-hybridized carbons (Fsp3) is 0.567. The molecule has 228 valence electrons. The zero-order chi connectivity index (χ0) is 30.0. The van der Waals surface area contributed by atoms with Crippen LogP contribution >= 0.6 is 22.9 Å².